The number of aromatic hydroxyl groups is 1. The number of hydrogen-bond donors (Lipinski definition) is 2. The van der Waals surface area contributed by atoms with Gasteiger partial charge in [-0.2, -0.15) is 5.10 Å². The molecule has 3 aromatic rings. The largest absolute Gasteiger partial charge is 0.507 e. The summed E-state index contributed by atoms with van der Waals surface area (Å²) in [4.78, 5) is 4.54. The molecule has 2 N–H and O–H groups in total. The van der Waals surface area contributed by atoms with E-state index in [2.05, 4.69) is 28.5 Å². The fraction of sp³-hybridized carbons (Fsp3) is 0.111. The number of hydrazone groups is 1. The van der Waals surface area contributed by atoms with Gasteiger partial charge in [-0.3, -0.25) is 5.43 Å². The highest BCUT2D eigenvalue weighted by atomic mass is 16.3. The van der Waals surface area contributed by atoms with Crippen molar-refractivity contribution in [3.05, 3.63) is 65.7 Å². The van der Waals surface area contributed by atoms with Crippen LogP contribution in [-0.2, 0) is 0 Å². The van der Waals surface area contributed by atoms with E-state index in [1.807, 2.05) is 43.3 Å². The summed E-state index contributed by atoms with van der Waals surface area (Å²) in [7, 11) is 0. The second-order valence-electron chi connectivity index (χ2n) is 5.17. The van der Waals surface area contributed by atoms with Gasteiger partial charge in [-0.1, -0.05) is 30.3 Å². The van der Waals surface area contributed by atoms with Crippen molar-refractivity contribution in [2.45, 2.75) is 13.8 Å². The average Bonchev–Trinajstić information content (AvgIpc) is 2.53. The summed E-state index contributed by atoms with van der Waals surface area (Å²) in [5, 5.41) is 15.3. The molecule has 0 fully saturated rings. The Kier molecular flexibility index (Phi) is 3.74. The van der Waals surface area contributed by atoms with Crippen LogP contribution in [0, 0.1) is 6.92 Å². The number of fused-ring (bicyclic) bond motifs is 1. The molecule has 0 unspecified atom stereocenters. The molecule has 3 rings (SSSR count). The molecule has 0 radical (unpaired) electrons. The molecule has 2 aromatic carbocycles. The molecule has 0 saturated carbocycles. The number of hydrogen-bond acceptors (Lipinski definition) is 4. The van der Waals surface area contributed by atoms with Crippen LogP contribution in [0.4, 0.5) is 5.82 Å². The molecular weight excluding hydrogens is 274 g/mol. The average molecular weight is 291 g/mol. The van der Waals surface area contributed by atoms with Crippen molar-refractivity contribution in [2.24, 2.45) is 5.10 Å². The van der Waals surface area contributed by atoms with Crippen LogP contribution in [0.25, 0.3) is 10.9 Å². The lowest BCUT2D eigenvalue weighted by molar-refractivity contribution is 0.474. The van der Waals surface area contributed by atoms with E-state index in [0.29, 0.717) is 17.1 Å². The van der Waals surface area contributed by atoms with Crippen molar-refractivity contribution >= 4 is 22.4 Å². The Bertz CT molecular complexity index is 856. The summed E-state index contributed by atoms with van der Waals surface area (Å²) in [5.74, 6) is 0.902. The molecule has 0 aliphatic carbocycles. The number of pyridine rings is 1. The van der Waals surface area contributed by atoms with Crippen LogP contribution >= 0.6 is 0 Å². The lowest BCUT2D eigenvalue weighted by Gasteiger charge is -2.07. The Morgan fingerprint density at radius 2 is 1.82 bits per heavy atom. The van der Waals surface area contributed by atoms with Crippen LogP contribution in [0.5, 0.6) is 5.75 Å². The van der Waals surface area contributed by atoms with Crippen molar-refractivity contribution in [3.8, 4) is 5.75 Å². The molecule has 1 aromatic heterocycles. The third kappa shape index (κ3) is 2.76. The summed E-state index contributed by atoms with van der Waals surface area (Å²) >= 11 is 0. The molecule has 110 valence electrons. The normalized spacial score (nSPS) is 11.6. The second-order valence-corrected chi connectivity index (χ2v) is 5.17. The third-order valence-corrected chi connectivity index (χ3v) is 3.56. The minimum atomic E-state index is 0.216. The molecular formula is C18H17N3O. The van der Waals surface area contributed by atoms with Gasteiger partial charge < -0.3 is 5.11 Å². The summed E-state index contributed by atoms with van der Waals surface area (Å²) in [6, 6.07) is 17.1. The maximum absolute atomic E-state index is 9.84. The van der Waals surface area contributed by atoms with Crippen LogP contribution in [0.15, 0.2) is 59.7 Å². The summed E-state index contributed by atoms with van der Waals surface area (Å²) in [5.41, 5.74) is 6.44. The first kappa shape index (κ1) is 14.1. The predicted octanol–water partition coefficient (Wildman–Crippen LogP) is 4.08. The smallest absolute Gasteiger partial charge is 0.147 e. The van der Waals surface area contributed by atoms with Crippen LogP contribution in [-0.4, -0.2) is 15.8 Å². The molecule has 0 bridgehead atoms. The molecule has 0 saturated heterocycles. The van der Waals surface area contributed by atoms with E-state index in [1.165, 1.54) is 0 Å². The number of para-hydroxylation sites is 2. The van der Waals surface area contributed by atoms with E-state index in [0.717, 1.165) is 16.5 Å². The highest BCUT2D eigenvalue weighted by molar-refractivity contribution is 6.01. The first-order valence-electron chi connectivity index (χ1n) is 7.10. The van der Waals surface area contributed by atoms with Crippen molar-refractivity contribution in [1.82, 2.24) is 4.98 Å². The molecule has 22 heavy (non-hydrogen) atoms. The second kappa shape index (κ2) is 5.85. The number of phenols is 1. The van der Waals surface area contributed by atoms with Gasteiger partial charge in [0.2, 0.25) is 0 Å². The summed E-state index contributed by atoms with van der Waals surface area (Å²) in [6.45, 7) is 3.89. The number of benzene rings is 2. The Balaban J connectivity index is 1.90. The zero-order valence-electron chi connectivity index (χ0n) is 12.5. The standard InChI is InChI=1S/C18H17N3O/c1-12-11-18(19-16-9-5-3-7-14(12)16)21-20-13(2)15-8-4-6-10-17(15)22/h3-11,22H,1-2H3,(H,19,21)/b20-13+. The fourth-order valence-electron chi connectivity index (χ4n) is 2.39. The number of aromatic nitrogens is 1. The minimum absolute atomic E-state index is 0.216. The van der Waals surface area contributed by atoms with Gasteiger partial charge in [0, 0.05) is 10.9 Å². The van der Waals surface area contributed by atoms with Crippen LogP contribution in [0.1, 0.15) is 18.1 Å². The van der Waals surface area contributed by atoms with Crippen molar-refractivity contribution in [1.29, 1.82) is 0 Å². The van der Waals surface area contributed by atoms with Gasteiger partial charge in [0.25, 0.3) is 0 Å². The SMILES string of the molecule is C/C(=N\Nc1cc(C)c2ccccc2n1)c1ccccc1O. The maximum Gasteiger partial charge on any atom is 0.147 e. The Hall–Kier alpha value is -2.88. The van der Waals surface area contributed by atoms with E-state index in [-0.39, 0.29) is 5.75 Å². The topological polar surface area (TPSA) is 57.5 Å². The van der Waals surface area contributed by atoms with E-state index < -0.39 is 0 Å². The van der Waals surface area contributed by atoms with Crippen molar-refractivity contribution in [2.75, 3.05) is 5.43 Å². The summed E-state index contributed by atoms with van der Waals surface area (Å²) < 4.78 is 0. The predicted molar refractivity (Wildman–Crippen MR) is 90.4 cm³/mol. The lowest BCUT2D eigenvalue weighted by atomic mass is 10.1. The molecule has 0 aliphatic rings. The van der Waals surface area contributed by atoms with Crippen LogP contribution < -0.4 is 5.43 Å². The highest BCUT2D eigenvalue weighted by Gasteiger charge is 2.04. The van der Waals surface area contributed by atoms with Crippen molar-refractivity contribution in [3.63, 3.8) is 0 Å². The van der Waals surface area contributed by atoms with E-state index >= 15 is 0 Å². The zero-order valence-corrected chi connectivity index (χ0v) is 12.5. The quantitative estimate of drug-likeness (QED) is 0.564. The van der Waals surface area contributed by atoms with E-state index in [1.54, 1.807) is 12.1 Å². The van der Waals surface area contributed by atoms with Gasteiger partial charge in [0.1, 0.15) is 11.6 Å². The lowest BCUT2D eigenvalue weighted by Crippen LogP contribution is -2.01. The number of aryl methyl sites for hydroxylation is 1. The van der Waals surface area contributed by atoms with Crippen molar-refractivity contribution < 1.29 is 5.11 Å². The van der Waals surface area contributed by atoms with Gasteiger partial charge in [-0.15, -0.1) is 0 Å². The molecule has 0 aliphatic heterocycles. The van der Waals surface area contributed by atoms with Gasteiger partial charge in [0.05, 0.1) is 11.2 Å². The maximum atomic E-state index is 9.84. The van der Waals surface area contributed by atoms with Gasteiger partial charge in [-0.25, -0.2) is 4.98 Å². The fourth-order valence-corrected chi connectivity index (χ4v) is 2.39. The number of phenolic OH excluding ortho intramolecular Hbond substituents is 1. The van der Waals surface area contributed by atoms with Crippen LogP contribution in [0.2, 0.25) is 0 Å². The Morgan fingerprint density at radius 1 is 1.09 bits per heavy atom. The number of nitrogens with one attached hydrogen (secondary N) is 1. The van der Waals surface area contributed by atoms with E-state index in [4.69, 9.17) is 0 Å². The Morgan fingerprint density at radius 3 is 2.64 bits per heavy atom. The summed E-state index contributed by atoms with van der Waals surface area (Å²) in [6.07, 6.45) is 0. The zero-order chi connectivity index (χ0) is 15.5. The third-order valence-electron chi connectivity index (χ3n) is 3.56. The minimum Gasteiger partial charge on any atom is -0.507 e. The first-order chi connectivity index (χ1) is 10.6. The molecule has 1 heterocycles. The molecule has 0 spiro atoms. The highest BCUT2D eigenvalue weighted by Crippen LogP contribution is 2.20. The number of anilines is 1. The Labute approximate surface area is 129 Å². The van der Waals surface area contributed by atoms with E-state index in [9.17, 15) is 5.11 Å². The monoisotopic (exact) mass is 291 g/mol. The van der Waals surface area contributed by atoms with Gasteiger partial charge in [0.15, 0.2) is 0 Å². The van der Waals surface area contributed by atoms with Gasteiger partial charge >= 0.3 is 0 Å². The number of rotatable bonds is 3. The first-order valence-corrected chi connectivity index (χ1v) is 7.10. The van der Waals surface area contributed by atoms with Crippen LogP contribution in [0.3, 0.4) is 0 Å². The number of nitrogens with zero attached hydrogens (tertiary/aromatic N) is 2. The molecule has 4 nitrogen and oxygen atoms in total. The molecule has 0 amide bonds. The van der Waals surface area contributed by atoms with Gasteiger partial charge in [-0.05, 0) is 43.7 Å². The molecule has 0 atom stereocenters. The molecule has 4 heteroatoms.